The van der Waals surface area contributed by atoms with E-state index in [0.717, 1.165) is 22.4 Å². The van der Waals surface area contributed by atoms with E-state index in [9.17, 15) is 13.2 Å². The van der Waals surface area contributed by atoms with Crippen LogP contribution in [0.4, 0.5) is 5.69 Å². The van der Waals surface area contributed by atoms with Crippen molar-refractivity contribution in [1.82, 2.24) is 4.90 Å². The zero-order chi connectivity index (χ0) is 21.9. The van der Waals surface area contributed by atoms with Crippen molar-refractivity contribution < 1.29 is 17.9 Å². The number of hydrogen-bond acceptors (Lipinski definition) is 5. The molecule has 0 radical (unpaired) electrons. The number of amides is 1. The monoisotopic (exact) mass is 430 g/mol. The predicted octanol–water partition coefficient (Wildman–Crippen LogP) is 2.96. The molecule has 3 rings (SSSR count). The summed E-state index contributed by atoms with van der Waals surface area (Å²) in [4.78, 5) is 16.8. The third kappa shape index (κ3) is 5.33. The lowest BCUT2D eigenvalue weighted by Gasteiger charge is -2.29. The van der Waals surface area contributed by atoms with Gasteiger partial charge in [-0.2, -0.15) is 0 Å². The molecule has 2 aromatic carbocycles. The second kappa shape index (κ2) is 9.08. The van der Waals surface area contributed by atoms with Crippen molar-refractivity contribution in [3.8, 4) is 5.75 Å². The number of para-hydroxylation sites is 1. The summed E-state index contributed by atoms with van der Waals surface area (Å²) in [5.41, 5.74) is 3.97. The molecule has 0 aromatic heterocycles. The van der Waals surface area contributed by atoms with Gasteiger partial charge in [-0.3, -0.25) is 4.79 Å². The van der Waals surface area contributed by atoms with Crippen molar-refractivity contribution >= 4 is 21.4 Å². The minimum absolute atomic E-state index is 0.0118. The van der Waals surface area contributed by atoms with Gasteiger partial charge < -0.3 is 14.5 Å². The van der Waals surface area contributed by atoms with Crippen LogP contribution in [0.3, 0.4) is 0 Å². The number of anilines is 1. The lowest BCUT2D eigenvalue weighted by molar-refractivity contribution is -0.136. The van der Waals surface area contributed by atoms with Crippen molar-refractivity contribution in [3.63, 3.8) is 0 Å². The molecule has 0 unspecified atom stereocenters. The summed E-state index contributed by atoms with van der Waals surface area (Å²) in [5.74, 6) is 0.646. The van der Waals surface area contributed by atoms with Crippen molar-refractivity contribution in [2.75, 3.05) is 37.1 Å². The first-order valence-corrected chi connectivity index (χ1v) is 11.9. The molecule has 0 aliphatic carbocycles. The summed E-state index contributed by atoms with van der Waals surface area (Å²) < 4.78 is 29.9. The van der Waals surface area contributed by atoms with Crippen LogP contribution in [0, 0.1) is 13.8 Å². The van der Waals surface area contributed by atoms with Crippen molar-refractivity contribution in [1.29, 1.82) is 0 Å². The van der Waals surface area contributed by atoms with E-state index in [0.29, 0.717) is 18.7 Å². The van der Waals surface area contributed by atoms with Gasteiger partial charge in [0.1, 0.15) is 5.75 Å². The van der Waals surface area contributed by atoms with E-state index in [1.807, 2.05) is 75.3 Å². The van der Waals surface area contributed by atoms with E-state index in [1.165, 1.54) is 0 Å². The van der Waals surface area contributed by atoms with Crippen LogP contribution in [-0.2, 0) is 21.2 Å². The third-order valence-corrected chi connectivity index (χ3v) is 7.27. The molecule has 7 heteroatoms. The normalized spacial score (nSPS) is 17.5. The minimum Gasteiger partial charge on any atom is -0.483 e. The van der Waals surface area contributed by atoms with Crippen LogP contribution in [-0.4, -0.2) is 57.5 Å². The molecular formula is C23H30N2O4S. The van der Waals surface area contributed by atoms with Crippen molar-refractivity contribution in [2.45, 2.75) is 32.9 Å². The van der Waals surface area contributed by atoms with E-state index < -0.39 is 9.84 Å². The van der Waals surface area contributed by atoms with Gasteiger partial charge in [0.25, 0.3) is 5.91 Å². The molecule has 1 saturated heterocycles. The van der Waals surface area contributed by atoms with Gasteiger partial charge >= 0.3 is 0 Å². The molecule has 2 aromatic rings. The van der Waals surface area contributed by atoms with Gasteiger partial charge in [0.15, 0.2) is 16.4 Å². The Balaban J connectivity index is 1.77. The SMILES string of the molecule is Cc1cccc(C)c1OCC(=O)N(Cc1ccc(N(C)C)cc1)[C@@H]1CCS(=O)(=O)C1. The lowest BCUT2D eigenvalue weighted by Crippen LogP contribution is -2.43. The lowest BCUT2D eigenvalue weighted by atomic mass is 10.1. The molecule has 0 spiro atoms. The smallest absolute Gasteiger partial charge is 0.261 e. The Labute approximate surface area is 179 Å². The number of benzene rings is 2. The standard InChI is InChI=1S/C23H30N2O4S/c1-17-6-5-7-18(2)23(17)29-15-22(26)25(21-12-13-30(27,28)16-21)14-19-8-10-20(11-9-19)24(3)4/h5-11,21H,12-16H2,1-4H3/t21-/m1/s1. The molecule has 1 amide bonds. The summed E-state index contributed by atoms with van der Waals surface area (Å²) in [6.07, 6.45) is 0.466. The van der Waals surface area contributed by atoms with E-state index in [1.54, 1.807) is 4.90 Å². The van der Waals surface area contributed by atoms with Crippen LogP contribution >= 0.6 is 0 Å². The Bertz CT molecular complexity index is 980. The number of carbonyl (C=O) groups excluding carboxylic acids is 1. The molecule has 0 bridgehead atoms. The number of nitrogens with zero attached hydrogens (tertiary/aromatic N) is 2. The highest BCUT2D eigenvalue weighted by molar-refractivity contribution is 7.91. The number of rotatable bonds is 7. The number of hydrogen-bond donors (Lipinski definition) is 0. The Morgan fingerprint density at radius 2 is 1.70 bits per heavy atom. The second-order valence-corrected chi connectivity index (χ2v) is 10.4. The summed E-state index contributed by atoms with van der Waals surface area (Å²) >= 11 is 0. The van der Waals surface area contributed by atoms with E-state index in [2.05, 4.69) is 0 Å². The fraction of sp³-hybridized carbons (Fsp3) is 0.435. The molecule has 162 valence electrons. The topological polar surface area (TPSA) is 66.9 Å². The van der Waals surface area contributed by atoms with Gasteiger partial charge in [-0.15, -0.1) is 0 Å². The molecular weight excluding hydrogens is 400 g/mol. The van der Waals surface area contributed by atoms with E-state index >= 15 is 0 Å². The van der Waals surface area contributed by atoms with Crippen LogP contribution in [0.25, 0.3) is 0 Å². The van der Waals surface area contributed by atoms with Crippen LogP contribution in [0.15, 0.2) is 42.5 Å². The van der Waals surface area contributed by atoms with Gasteiger partial charge in [0, 0.05) is 32.4 Å². The molecule has 1 atom stereocenters. The molecule has 6 nitrogen and oxygen atoms in total. The van der Waals surface area contributed by atoms with Gasteiger partial charge in [0.05, 0.1) is 11.5 Å². The average molecular weight is 431 g/mol. The average Bonchev–Trinajstić information content (AvgIpc) is 3.05. The van der Waals surface area contributed by atoms with Crippen LogP contribution in [0.2, 0.25) is 0 Å². The summed E-state index contributed by atoms with van der Waals surface area (Å²) in [6, 6.07) is 13.5. The Kier molecular flexibility index (Phi) is 6.71. The predicted molar refractivity (Wildman–Crippen MR) is 120 cm³/mol. The first-order valence-electron chi connectivity index (χ1n) is 10.1. The zero-order valence-electron chi connectivity index (χ0n) is 18.1. The van der Waals surface area contributed by atoms with Gasteiger partial charge in [-0.05, 0) is 49.1 Å². The number of sulfone groups is 1. The van der Waals surface area contributed by atoms with Crippen molar-refractivity contribution in [3.05, 3.63) is 59.2 Å². The first-order chi connectivity index (χ1) is 14.2. The largest absolute Gasteiger partial charge is 0.483 e. The first kappa shape index (κ1) is 22.2. The maximum Gasteiger partial charge on any atom is 0.261 e. The number of carbonyl (C=O) groups is 1. The molecule has 0 N–H and O–H groups in total. The molecule has 1 heterocycles. The molecule has 0 saturated carbocycles. The maximum absolute atomic E-state index is 13.1. The fourth-order valence-electron chi connectivity index (χ4n) is 3.78. The maximum atomic E-state index is 13.1. The third-order valence-electron chi connectivity index (χ3n) is 5.52. The summed E-state index contributed by atoms with van der Waals surface area (Å²) in [5, 5.41) is 0. The Hall–Kier alpha value is -2.54. The van der Waals surface area contributed by atoms with Gasteiger partial charge in [-0.25, -0.2) is 8.42 Å². The highest BCUT2D eigenvalue weighted by atomic mass is 32.2. The van der Waals surface area contributed by atoms with Gasteiger partial charge in [-0.1, -0.05) is 30.3 Å². The van der Waals surface area contributed by atoms with E-state index in [-0.39, 0.29) is 30.1 Å². The second-order valence-electron chi connectivity index (χ2n) is 8.15. The van der Waals surface area contributed by atoms with Crippen LogP contribution < -0.4 is 9.64 Å². The Morgan fingerprint density at radius 1 is 1.07 bits per heavy atom. The minimum atomic E-state index is -3.11. The fourth-order valence-corrected chi connectivity index (χ4v) is 5.51. The van der Waals surface area contributed by atoms with E-state index in [4.69, 9.17) is 4.74 Å². The van der Waals surface area contributed by atoms with Crippen molar-refractivity contribution in [2.24, 2.45) is 0 Å². The summed E-state index contributed by atoms with van der Waals surface area (Å²) in [7, 11) is 0.837. The summed E-state index contributed by atoms with van der Waals surface area (Å²) in [6.45, 7) is 4.14. The van der Waals surface area contributed by atoms with Crippen LogP contribution in [0.1, 0.15) is 23.1 Å². The highest BCUT2D eigenvalue weighted by Gasteiger charge is 2.34. The molecule has 1 aliphatic rings. The molecule has 30 heavy (non-hydrogen) atoms. The Morgan fingerprint density at radius 3 is 2.23 bits per heavy atom. The zero-order valence-corrected chi connectivity index (χ0v) is 18.9. The number of ether oxygens (including phenoxy) is 1. The highest BCUT2D eigenvalue weighted by Crippen LogP contribution is 2.24. The van der Waals surface area contributed by atoms with Crippen LogP contribution in [0.5, 0.6) is 5.75 Å². The number of aryl methyl sites for hydroxylation is 2. The quantitative estimate of drug-likeness (QED) is 0.676. The van der Waals surface area contributed by atoms with Gasteiger partial charge in [0.2, 0.25) is 0 Å². The molecule has 1 fully saturated rings. The molecule has 1 aliphatic heterocycles.